The molecule has 0 fully saturated rings. The number of nitrogens with zero attached hydrogens (tertiary/aromatic N) is 4. The third-order valence-corrected chi connectivity index (χ3v) is 5.00. The van der Waals surface area contributed by atoms with Gasteiger partial charge in [-0.2, -0.15) is 5.10 Å². The van der Waals surface area contributed by atoms with Gasteiger partial charge in [-0.15, -0.1) is 0 Å². The number of hydrogen-bond acceptors (Lipinski definition) is 3. The number of H-pyrrole nitrogens is 1. The molecule has 0 saturated carbocycles. The fraction of sp³-hybridized carbons (Fsp3) is 0.261. The van der Waals surface area contributed by atoms with Gasteiger partial charge < -0.3 is 15.6 Å². The maximum atomic E-state index is 4.63. The minimum atomic E-state index is 0.709. The molecule has 7 heteroatoms. The summed E-state index contributed by atoms with van der Waals surface area (Å²) in [6.45, 7) is 2.29. The number of fused-ring (bicyclic) bond motifs is 1. The first-order valence-electron chi connectivity index (χ1n) is 10.2. The van der Waals surface area contributed by atoms with Crippen molar-refractivity contribution in [2.24, 2.45) is 4.99 Å². The lowest BCUT2D eigenvalue weighted by molar-refractivity contribution is 0.676. The molecule has 0 aliphatic rings. The van der Waals surface area contributed by atoms with Crippen LogP contribution in [0.1, 0.15) is 23.4 Å². The first kappa shape index (κ1) is 19.7. The zero-order valence-electron chi connectivity index (χ0n) is 17.2. The molecule has 0 aliphatic carbocycles. The molecule has 0 unspecified atom stereocenters. The van der Waals surface area contributed by atoms with Crippen LogP contribution in [-0.2, 0) is 19.5 Å². The van der Waals surface area contributed by atoms with E-state index < -0.39 is 0 Å². The fourth-order valence-corrected chi connectivity index (χ4v) is 3.44. The number of hydrogen-bond donors (Lipinski definition) is 3. The van der Waals surface area contributed by atoms with Gasteiger partial charge in [0.25, 0.3) is 0 Å². The summed E-state index contributed by atoms with van der Waals surface area (Å²) in [5.74, 6) is 1.82. The van der Waals surface area contributed by atoms with Crippen molar-refractivity contribution in [2.75, 3.05) is 13.6 Å². The van der Waals surface area contributed by atoms with Crippen LogP contribution in [0, 0.1) is 0 Å². The molecule has 0 saturated heterocycles. The number of rotatable bonds is 8. The largest absolute Gasteiger partial charge is 0.356 e. The van der Waals surface area contributed by atoms with E-state index in [1.165, 1.54) is 11.1 Å². The Kier molecular flexibility index (Phi) is 6.39. The molecule has 4 aromatic rings. The van der Waals surface area contributed by atoms with Crippen LogP contribution in [-0.4, -0.2) is 39.3 Å². The van der Waals surface area contributed by atoms with Gasteiger partial charge >= 0.3 is 0 Å². The zero-order chi connectivity index (χ0) is 20.6. The Bertz CT molecular complexity index is 1060. The summed E-state index contributed by atoms with van der Waals surface area (Å²) < 4.78 is 1.93. The SMILES string of the molecule is CN=C(NCCCc1nc2ccccc2[nH]1)NCc1ccccc1Cn1cccn1. The molecule has 0 aliphatic heterocycles. The molecule has 3 N–H and O–H groups in total. The monoisotopic (exact) mass is 401 g/mol. The Balaban J connectivity index is 1.25. The van der Waals surface area contributed by atoms with E-state index in [1.54, 1.807) is 13.2 Å². The van der Waals surface area contributed by atoms with Gasteiger partial charge in [-0.3, -0.25) is 9.67 Å². The molecule has 0 radical (unpaired) electrons. The summed E-state index contributed by atoms with van der Waals surface area (Å²) >= 11 is 0. The number of aryl methyl sites for hydroxylation is 1. The van der Waals surface area contributed by atoms with E-state index in [2.05, 4.69) is 61.0 Å². The van der Waals surface area contributed by atoms with Crippen LogP contribution in [0.4, 0.5) is 0 Å². The molecule has 2 heterocycles. The van der Waals surface area contributed by atoms with Crippen molar-refractivity contribution >= 4 is 17.0 Å². The van der Waals surface area contributed by atoms with Crippen LogP contribution >= 0.6 is 0 Å². The smallest absolute Gasteiger partial charge is 0.191 e. The van der Waals surface area contributed by atoms with Gasteiger partial charge in [0, 0.05) is 39.0 Å². The standard InChI is InChI=1S/C23H27N7/c1-24-23(25-13-6-12-22-28-20-10-4-5-11-21(20)29-22)26-16-18-8-2-3-9-19(18)17-30-15-7-14-27-30/h2-5,7-11,14-15H,6,12-13,16-17H2,1H3,(H,28,29)(H2,24,25,26). The number of aromatic nitrogens is 4. The van der Waals surface area contributed by atoms with E-state index in [1.807, 2.05) is 35.1 Å². The third kappa shape index (κ3) is 5.05. The molecule has 0 bridgehead atoms. The maximum Gasteiger partial charge on any atom is 0.191 e. The lowest BCUT2D eigenvalue weighted by Gasteiger charge is -2.14. The zero-order valence-corrected chi connectivity index (χ0v) is 17.2. The van der Waals surface area contributed by atoms with Gasteiger partial charge in [0.1, 0.15) is 5.82 Å². The Hall–Kier alpha value is -3.61. The van der Waals surface area contributed by atoms with Gasteiger partial charge in [-0.05, 0) is 35.7 Å². The summed E-state index contributed by atoms with van der Waals surface area (Å²) in [7, 11) is 1.80. The highest BCUT2D eigenvalue weighted by molar-refractivity contribution is 5.79. The molecule has 0 spiro atoms. The summed E-state index contributed by atoms with van der Waals surface area (Å²) in [5.41, 5.74) is 4.59. The molecule has 0 amide bonds. The first-order chi connectivity index (χ1) is 14.8. The van der Waals surface area contributed by atoms with E-state index in [4.69, 9.17) is 0 Å². The molecular formula is C23H27N7. The van der Waals surface area contributed by atoms with Crippen molar-refractivity contribution in [1.82, 2.24) is 30.4 Å². The van der Waals surface area contributed by atoms with Gasteiger partial charge in [0.15, 0.2) is 5.96 Å². The average Bonchev–Trinajstić information content (AvgIpc) is 3.43. The Morgan fingerprint density at radius 2 is 1.87 bits per heavy atom. The average molecular weight is 402 g/mol. The van der Waals surface area contributed by atoms with Crippen molar-refractivity contribution < 1.29 is 0 Å². The van der Waals surface area contributed by atoms with Crippen molar-refractivity contribution in [3.63, 3.8) is 0 Å². The quantitative estimate of drug-likeness (QED) is 0.241. The van der Waals surface area contributed by atoms with Gasteiger partial charge in [0.2, 0.25) is 0 Å². The van der Waals surface area contributed by atoms with Gasteiger partial charge in [-0.1, -0.05) is 36.4 Å². The number of benzene rings is 2. The summed E-state index contributed by atoms with van der Waals surface area (Å²) in [5, 5.41) is 11.1. The van der Waals surface area contributed by atoms with Gasteiger partial charge in [0.05, 0.1) is 17.6 Å². The number of aromatic amines is 1. The number of aliphatic imine (C=N–C) groups is 1. The molecular weight excluding hydrogens is 374 g/mol. The number of imidazole rings is 1. The maximum absolute atomic E-state index is 4.63. The molecule has 4 rings (SSSR count). The highest BCUT2D eigenvalue weighted by Gasteiger charge is 2.05. The molecule has 30 heavy (non-hydrogen) atoms. The third-order valence-electron chi connectivity index (χ3n) is 5.00. The van der Waals surface area contributed by atoms with Crippen molar-refractivity contribution in [3.05, 3.63) is 83.9 Å². The van der Waals surface area contributed by atoms with E-state index in [0.717, 1.165) is 48.7 Å². The van der Waals surface area contributed by atoms with Crippen LogP contribution < -0.4 is 10.6 Å². The summed E-state index contributed by atoms with van der Waals surface area (Å²) in [4.78, 5) is 12.3. The van der Waals surface area contributed by atoms with Crippen LogP contribution in [0.15, 0.2) is 72.0 Å². The number of guanidine groups is 1. The van der Waals surface area contributed by atoms with Crippen LogP contribution in [0.2, 0.25) is 0 Å². The van der Waals surface area contributed by atoms with Crippen LogP contribution in [0.5, 0.6) is 0 Å². The van der Waals surface area contributed by atoms with E-state index in [0.29, 0.717) is 6.54 Å². The lowest BCUT2D eigenvalue weighted by atomic mass is 10.1. The van der Waals surface area contributed by atoms with E-state index in [9.17, 15) is 0 Å². The minimum absolute atomic E-state index is 0.709. The van der Waals surface area contributed by atoms with Crippen molar-refractivity contribution in [3.8, 4) is 0 Å². The van der Waals surface area contributed by atoms with Crippen molar-refractivity contribution in [2.45, 2.75) is 25.9 Å². The molecule has 7 nitrogen and oxygen atoms in total. The van der Waals surface area contributed by atoms with E-state index >= 15 is 0 Å². The second kappa shape index (κ2) is 9.73. The second-order valence-corrected chi connectivity index (χ2v) is 7.13. The predicted molar refractivity (Wildman–Crippen MR) is 120 cm³/mol. The van der Waals surface area contributed by atoms with E-state index in [-0.39, 0.29) is 0 Å². The normalized spacial score (nSPS) is 11.7. The summed E-state index contributed by atoms with van der Waals surface area (Å²) in [6.07, 6.45) is 5.65. The number of nitrogens with one attached hydrogen (secondary N) is 3. The van der Waals surface area contributed by atoms with Crippen LogP contribution in [0.25, 0.3) is 11.0 Å². The molecule has 154 valence electrons. The molecule has 2 aromatic carbocycles. The second-order valence-electron chi connectivity index (χ2n) is 7.13. The lowest BCUT2D eigenvalue weighted by Crippen LogP contribution is -2.37. The summed E-state index contributed by atoms with van der Waals surface area (Å²) in [6, 6.07) is 18.5. The topological polar surface area (TPSA) is 82.9 Å². The van der Waals surface area contributed by atoms with Gasteiger partial charge in [-0.25, -0.2) is 4.98 Å². The van der Waals surface area contributed by atoms with Crippen LogP contribution in [0.3, 0.4) is 0 Å². The molecule has 0 atom stereocenters. The Morgan fingerprint density at radius 3 is 2.67 bits per heavy atom. The fourth-order valence-electron chi connectivity index (χ4n) is 3.44. The Morgan fingerprint density at radius 1 is 1.03 bits per heavy atom. The first-order valence-corrected chi connectivity index (χ1v) is 10.2. The highest BCUT2D eigenvalue weighted by Crippen LogP contribution is 2.11. The van der Waals surface area contributed by atoms with Crippen molar-refractivity contribution in [1.29, 1.82) is 0 Å². The predicted octanol–water partition coefficient (Wildman–Crippen LogP) is 3.11. The Labute approximate surface area is 176 Å². The highest BCUT2D eigenvalue weighted by atomic mass is 15.3. The minimum Gasteiger partial charge on any atom is -0.356 e. The number of para-hydroxylation sites is 2. The molecule has 2 aromatic heterocycles.